The largest absolute Gasteiger partial charge is 0.480 e. The Morgan fingerprint density at radius 2 is 2.07 bits per heavy atom. The van der Waals surface area contributed by atoms with Crippen LogP contribution in [-0.4, -0.2) is 40.6 Å². The summed E-state index contributed by atoms with van der Waals surface area (Å²) in [5, 5.41) is 11.5. The molecule has 0 aromatic carbocycles. The summed E-state index contributed by atoms with van der Waals surface area (Å²) < 4.78 is 0. The van der Waals surface area contributed by atoms with Crippen molar-refractivity contribution < 1.29 is 14.7 Å². The number of aliphatic carboxylic acids is 1. The van der Waals surface area contributed by atoms with Crippen LogP contribution in [0.3, 0.4) is 0 Å². The second-order valence-corrected chi connectivity index (χ2v) is 4.31. The van der Waals surface area contributed by atoms with Gasteiger partial charge in [0.05, 0.1) is 0 Å². The number of carboxylic acid groups (broad SMARTS) is 1. The van der Waals surface area contributed by atoms with Gasteiger partial charge in [-0.2, -0.15) is 0 Å². The molecular formula is C10H18N2O3. The standard InChI is InChI=1S/C10H18N2O3/c1-3-6-12(7-8(13)14)9(15)11-10(2)4-5-10/h3-7H2,1-2H3,(H,11,15)(H,13,14). The summed E-state index contributed by atoms with van der Waals surface area (Å²) in [7, 11) is 0. The molecular weight excluding hydrogens is 196 g/mol. The van der Waals surface area contributed by atoms with Crippen LogP contribution in [0.2, 0.25) is 0 Å². The van der Waals surface area contributed by atoms with Crippen molar-refractivity contribution in [3.05, 3.63) is 0 Å². The zero-order valence-electron chi connectivity index (χ0n) is 9.25. The molecule has 0 aromatic rings. The second-order valence-electron chi connectivity index (χ2n) is 4.31. The first-order valence-corrected chi connectivity index (χ1v) is 5.26. The van der Waals surface area contributed by atoms with Gasteiger partial charge in [-0.15, -0.1) is 0 Å². The summed E-state index contributed by atoms with van der Waals surface area (Å²) in [6.07, 6.45) is 2.72. The number of carbonyl (C=O) groups excluding carboxylic acids is 1. The molecule has 0 aromatic heterocycles. The van der Waals surface area contributed by atoms with Gasteiger partial charge in [0, 0.05) is 12.1 Å². The summed E-state index contributed by atoms with van der Waals surface area (Å²) >= 11 is 0. The van der Waals surface area contributed by atoms with Crippen molar-refractivity contribution in [1.82, 2.24) is 10.2 Å². The van der Waals surface area contributed by atoms with Crippen molar-refractivity contribution in [2.75, 3.05) is 13.1 Å². The smallest absolute Gasteiger partial charge is 0.323 e. The van der Waals surface area contributed by atoms with Crippen LogP contribution < -0.4 is 5.32 Å². The summed E-state index contributed by atoms with van der Waals surface area (Å²) in [5.41, 5.74) is -0.0957. The quantitative estimate of drug-likeness (QED) is 0.718. The van der Waals surface area contributed by atoms with Gasteiger partial charge in [-0.1, -0.05) is 6.92 Å². The van der Waals surface area contributed by atoms with E-state index in [1.807, 2.05) is 13.8 Å². The lowest BCUT2D eigenvalue weighted by Crippen LogP contribution is -2.47. The summed E-state index contributed by atoms with van der Waals surface area (Å²) in [6, 6.07) is -0.265. The number of rotatable bonds is 5. The zero-order valence-corrected chi connectivity index (χ0v) is 9.25. The molecule has 1 aliphatic carbocycles. The van der Waals surface area contributed by atoms with E-state index in [1.54, 1.807) is 0 Å². The van der Waals surface area contributed by atoms with Gasteiger partial charge in [-0.3, -0.25) is 4.79 Å². The number of hydrogen-bond donors (Lipinski definition) is 2. The van der Waals surface area contributed by atoms with Gasteiger partial charge in [-0.25, -0.2) is 4.79 Å². The van der Waals surface area contributed by atoms with Gasteiger partial charge in [0.25, 0.3) is 0 Å². The molecule has 1 rings (SSSR count). The minimum atomic E-state index is -0.973. The number of urea groups is 1. The molecule has 0 bridgehead atoms. The highest BCUT2D eigenvalue weighted by atomic mass is 16.4. The van der Waals surface area contributed by atoms with Crippen LogP contribution in [0.1, 0.15) is 33.1 Å². The van der Waals surface area contributed by atoms with Gasteiger partial charge < -0.3 is 15.3 Å². The Morgan fingerprint density at radius 3 is 2.47 bits per heavy atom. The highest BCUT2D eigenvalue weighted by Gasteiger charge is 2.39. The molecule has 15 heavy (non-hydrogen) atoms. The normalized spacial score (nSPS) is 16.9. The van der Waals surface area contributed by atoms with E-state index in [1.165, 1.54) is 4.90 Å². The van der Waals surface area contributed by atoms with E-state index >= 15 is 0 Å². The van der Waals surface area contributed by atoms with Crippen LogP contribution >= 0.6 is 0 Å². The van der Waals surface area contributed by atoms with E-state index in [0.29, 0.717) is 6.54 Å². The summed E-state index contributed by atoms with van der Waals surface area (Å²) in [4.78, 5) is 23.6. The van der Waals surface area contributed by atoms with E-state index in [4.69, 9.17) is 5.11 Å². The topological polar surface area (TPSA) is 69.6 Å². The fourth-order valence-electron chi connectivity index (χ4n) is 1.34. The molecule has 0 radical (unpaired) electrons. The predicted molar refractivity (Wildman–Crippen MR) is 55.7 cm³/mol. The van der Waals surface area contributed by atoms with Gasteiger partial charge in [-0.05, 0) is 26.2 Å². The molecule has 0 spiro atoms. The maximum Gasteiger partial charge on any atom is 0.323 e. The van der Waals surface area contributed by atoms with Gasteiger partial charge >= 0.3 is 12.0 Å². The molecule has 1 saturated carbocycles. The zero-order chi connectivity index (χ0) is 11.5. The fraction of sp³-hybridized carbons (Fsp3) is 0.800. The first kappa shape index (κ1) is 11.8. The molecule has 5 nitrogen and oxygen atoms in total. The van der Waals surface area contributed by atoms with Gasteiger partial charge in [0.1, 0.15) is 6.54 Å². The molecule has 86 valence electrons. The third kappa shape index (κ3) is 3.77. The van der Waals surface area contributed by atoms with E-state index in [0.717, 1.165) is 19.3 Å². The number of carbonyl (C=O) groups is 2. The molecule has 5 heteroatoms. The Hall–Kier alpha value is -1.26. The number of amides is 2. The lowest BCUT2D eigenvalue weighted by molar-refractivity contribution is -0.137. The van der Waals surface area contributed by atoms with E-state index < -0.39 is 5.97 Å². The Labute approximate surface area is 89.4 Å². The monoisotopic (exact) mass is 214 g/mol. The number of nitrogens with zero attached hydrogens (tertiary/aromatic N) is 1. The lowest BCUT2D eigenvalue weighted by atomic mass is 10.3. The molecule has 1 fully saturated rings. The average Bonchev–Trinajstić information content (AvgIpc) is 2.82. The molecule has 0 aliphatic heterocycles. The number of nitrogens with one attached hydrogen (secondary N) is 1. The van der Waals surface area contributed by atoms with Crippen molar-refractivity contribution in [3.8, 4) is 0 Å². The van der Waals surface area contributed by atoms with Crippen molar-refractivity contribution in [2.24, 2.45) is 0 Å². The SMILES string of the molecule is CCCN(CC(=O)O)C(=O)NC1(C)CC1. The predicted octanol–water partition coefficient (Wildman–Crippen LogP) is 1.05. The van der Waals surface area contributed by atoms with Crippen LogP contribution in [-0.2, 0) is 4.79 Å². The van der Waals surface area contributed by atoms with E-state index in [-0.39, 0.29) is 18.1 Å². The highest BCUT2D eigenvalue weighted by molar-refractivity contribution is 5.80. The molecule has 0 saturated heterocycles. The molecule has 2 amide bonds. The van der Waals surface area contributed by atoms with E-state index in [2.05, 4.69) is 5.32 Å². The minimum Gasteiger partial charge on any atom is -0.480 e. The number of hydrogen-bond acceptors (Lipinski definition) is 2. The van der Waals surface area contributed by atoms with Crippen LogP contribution in [0.5, 0.6) is 0 Å². The van der Waals surface area contributed by atoms with Crippen LogP contribution in [0, 0.1) is 0 Å². The van der Waals surface area contributed by atoms with Crippen molar-refractivity contribution >= 4 is 12.0 Å². The Balaban J connectivity index is 2.46. The van der Waals surface area contributed by atoms with Crippen LogP contribution in [0.15, 0.2) is 0 Å². The molecule has 2 N–H and O–H groups in total. The van der Waals surface area contributed by atoms with Crippen LogP contribution in [0.4, 0.5) is 4.79 Å². The summed E-state index contributed by atoms with van der Waals surface area (Å²) in [5.74, 6) is -0.973. The lowest BCUT2D eigenvalue weighted by Gasteiger charge is -2.23. The Morgan fingerprint density at radius 1 is 1.47 bits per heavy atom. The highest BCUT2D eigenvalue weighted by Crippen LogP contribution is 2.34. The molecule has 0 unspecified atom stereocenters. The van der Waals surface area contributed by atoms with Gasteiger partial charge in [0.15, 0.2) is 0 Å². The second kappa shape index (κ2) is 4.51. The molecule has 1 aliphatic rings. The number of carboxylic acids is 1. The molecule has 0 atom stereocenters. The first-order valence-electron chi connectivity index (χ1n) is 5.26. The van der Waals surface area contributed by atoms with Gasteiger partial charge in [0.2, 0.25) is 0 Å². The third-order valence-corrected chi connectivity index (χ3v) is 2.52. The van der Waals surface area contributed by atoms with E-state index in [9.17, 15) is 9.59 Å². The maximum absolute atomic E-state index is 11.7. The maximum atomic E-state index is 11.7. The van der Waals surface area contributed by atoms with Crippen molar-refractivity contribution in [2.45, 2.75) is 38.6 Å². The van der Waals surface area contributed by atoms with Crippen LogP contribution in [0.25, 0.3) is 0 Å². The Kier molecular flexibility index (Phi) is 3.55. The fourth-order valence-corrected chi connectivity index (χ4v) is 1.34. The Bertz CT molecular complexity index is 261. The van der Waals surface area contributed by atoms with Crippen molar-refractivity contribution in [1.29, 1.82) is 0 Å². The first-order chi connectivity index (χ1) is 6.97. The minimum absolute atomic E-state index is 0.0957. The van der Waals surface area contributed by atoms with Crippen molar-refractivity contribution in [3.63, 3.8) is 0 Å². The third-order valence-electron chi connectivity index (χ3n) is 2.52. The average molecular weight is 214 g/mol. The molecule has 0 heterocycles. The summed E-state index contributed by atoms with van der Waals surface area (Å²) in [6.45, 7) is 4.14.